The number of nitrogens with zero attached hydrogens (tertiary/aromatic N) is 1. The number of nitrogens with one attached hydrogen (secondary N) is 1. The summed E-state index contributed by atoms with van der Waals surface area (Å²) in [6.07, 6.45) is -4.42. The molecule has 1 saturated heterocycles. The second-order valence-electron chi connectivity index (χ2n) is 6.89. The van der Waals surface area contributed by atoms with Gasteiger partial charge in [-0.25, -0.2) is 13.1 Å². The topological polar surface area (TPSA) is 67.9 Å². The summed E-state index contributed by atoms with van der Waals surface area (Å²) in [5.74, 6) is -0.578. The highest BCUT2D eigenvalue weighted by Crippen LogP contribution is 2.25. The molecule has 0 aliphatic carbocycles. The number of halogens is 5. The number of sulfonamides is 1. The van der Waals surface area contributed by atoms with Gasteiger partial charge in [0.1, 0.15) is 11.5 Å². The third-order valence-electron chi connectivity index (χ3n) is 4.50. The van der Waals surface area contributed by atoms with Gasteiger partial charge in [0, 0.05) is 31.7 Å². The maximum absolute atomic E-state index is 12.6. The third-order valence-corrected chi connectivity index (χ3v) is 6.02. The Balaban J connectivity index is 1.57. The number of likely N-dealkylation sites (tertiary alicyclic amines) is 1. The lowest BCUT2D eigenvalue weighted by Crippen LogP contribution is -2.37. The number of ether oxygens (including phenoxy) is 2. The van der Waals surface area contributed by atoms with E-state index in [1.54, 1.807) is 12.1 Å². The summed E-state index contributed by atoms with van der Waals surface area (Å²) in [7, 11) is -4.05. The first kappa shape index (κ1) is 23.2. The monoisotopic (exact) mass is 466 g/mol. The number of benzene rings is 2. The molecule has 2 aromatic rings. The van der Waals surface area contributed by atoms with E-state index in [0.717, 1.165) is 23.8 Å². The Hall–Kier alpha value is -2.44. The molecule has 170 valence electrons. The van der Waals surface area contributed by atoms with Gasteiger partial charge in [0.25, 0.3) is 0 Å². The van der Waals surface area contributed by atoms with E-state index in [0.29, 0.717) is 26.1 Å². The Labute approximate surface area is 175 Å². The Morgan fingerprint density at radius 3 is 2.45 bits per heavy atom. The summed E-state index contributed by atoms with van der Waals surface area (Å²) in [6, 6.07) is 9.87. The Morgan fingerprint density at radius 1 is 1.10 bits per heavy atom. The second kappa shape index (κ2) is 9.37. The van der Waals surface area contributed by atoms with Gasteiger partial charge in [-0.05, 0) is 36.2 Å². The van der Waals surface area contributed by atoms with Gasteiger partial charge in [-0.2, -0.15) is 8.78 Å². The molecule has 3 rings (SSSR count). The van der Waals surface area contributed by atoms with Crippen molar-refractivity contribution < 1.29 is 39.8 Å². The lowest BCUT2D eigenvalue weighted by atomic mass is 10.2. The van der Waals surface area contributed by atoms with Crippen LogP contribution in [0, 0.1) is 0 Å². The molecule has 1 aliphatic rings. The maximum Gasteiger partial charge on any atom is 0.573 e. The molecule has 0 unspecified atom stereocenters. The number of alkyl halides is 5. The first-order valence-corrected chi connectivity index (χ1v) is 10.6. The van der Waals surface area contributed by atoms with Crippen LogP contribution >= 0.6 is 0 Å². The van der Waals surface area contributed by atoms with Crippen LogP contribution in [0.15, 0.2) is 53.4 Å². The van der Waals surface area contributed by atoms with E-state index >= 15 is 0 Å². The standard InChI is InChI=1S/C19H19F5N2O4S/c20-18(21)29-15-6-4-13(5-7-15)11-26-9-8-14(12-26)25-31(27,28)17-3-1-2-16(10-17)30-19(22,23)24/h1-7,10,14,18,25H,8-9,11-12H2/t14-/m1/s1. The van der Waals surface area contributed by atoms with Crippen molar-refractivity contribution in [3.8, 4) is 11.5 Å². The zero-order valence-corrected chi connectivity index (χ0v) is 16.8. The predicted molar refractivity (Wildman–Crippen MR) is 100 cm³/mol. The minimum atomic E-state index is -4.93. The molecular weight excluding hydrogens is 447 g/mol. The molecule has 1 heterocycles. The van der Waals surface area contributed by atoms with E-state index in [-0.39, 0.29) is 10.6 Å². The lowest BCUT2D eigenvalue weighted by Gasteiger charge is -2.17. The van der Waals surface area contributed by atoms with Crippen molar-refractivity contribution in [1.82, 2.24) is 9.62 Å². The molecule has 12 heteroatoms. The van der Waals surface area contributed by atoms with Crippen molar-refractivity contribution in [2.24, 2.45) is 0 Å². The van der Waals surface area contributed by atoms with Crippen LogP contribution in [-0.2, 0) is 16.6 Å². The van der Waals surface area contributed by atoms with Crippen molar-refractivity contribution in [1.29, 1.82) is 0 Å². The van der Waals surface area contributed by atoms with Crippen molar-refractivity contribution >= 4 is 10.0 Å². The van der Waals surface area contributed by atoms with Crippen molar-refractivity contribution in [3.05, 3.63) is 54.1 Å². The molecule has 1 aliphatic heterocycles. The summed E-state index contributed by atoms with van der Waals surface area (Å²) in [5, 5.41) is 0. The first-order chi connectivity index (χ1) is 14.5. The number of hydrogen-bond acceptors (Lipinski definition) is 5. The quantitative estimate of drug-likeness (QED) is 0.601. The molecule has 0 bridgehead atoms. The van der Waals surface area contributed by atoms with Crippen LogP contribution in [0.25, 0.3) is 0 Å². The average Bonchev–Trinajstić information content (AvgIpc) is 3.08. The van der Waals surface area contributed by atoms with Gasteiger partial charge in [-0.1, -0.05) is 18.2 Å². The smallest absolute Gasteiger partial charge is 0.435 e. The maximum atomic E-state index is 12.6. The Morgan fingerprint density at radius 2 is 1.81 bits per heavy atom. The lowest BCUT2D eigenvalue weighted by molar-refractivity contribution is -0.274. The fraction of sp³-hybridized carbons (Fsp3) is 0.368. The van der Waals surface area contributed by atoms with Crippen molar-refractivity contribution in [2.45, 2.75) is 36.9 Å². The van der Waals surface area contributed by atoms with E-state index in [1.807, 2.05) is 4.90 Å². The molecule has 6 nitrogen and oxygen atoms in total. The van der Waals surface area contributed by atoms with Crippen LogP contribution in [0.2, 0.25) is 0 Å². The van der Waals surface area contributed by atoms with E-state index in [9.17, 15) is 30.4 Å². The fourth-order valence-electron chi connectivity index (χ4n) is 3.23. The molecule has 0 amide bonds. The largest absolute Gasteiger partial charge is 0.573 e. The fourth-order valence-corrected chi connectivity index (χ4v) is 4.53. The summed E-state index contributed by atoms with van der Waals surface area (Å²) >= 11 is 0. The van der Waals surface area contributed by atoms with Gasteiger partial charge in [0.2, 0.25) is 10.0 Å². The summed E-state index contributed by atoms with van der Waals surface area (Å²) < 4.78 is 97.2. The van der Waals surface area contributed by atoms with Crippen LogP contribution in [0.1, 0.15) is 12.0 Å². The Kier molecular flexibility index (Phi) is 7.02. The van der Waals surface area contributed by atoms with E-state index in [1.165, 1.54) is 18.2 Å². The molecule has 0 spiro atoms. The molecule has 1 atom stereocenters. The molecule has 31 heavy (non-hydrogen) atoms. The number of rotatable bonds is 8. The van der Waals surface area contributed by atoms with E-state index in [4.69, 9.17) is 0 Å². The molecule has 0 aromatic heterocycles. The predicted octanol–water partition coefficient (Wildman–Crippen LogP) is 3.74. The van der Waals surface area contributed by atoms with Crippen LogP contribution in [0.4, 0.5) is 22.0 Å². The van der Waals surface area contributed by atoms with Gasteiger partial charge < -0.3 is 9.47 Å². The van der Waals surface area contributed by atoms with E-state index in [2.05, 4.69) is 14.2 Å². The van der Waals surface area contributed by atoms with Gasteiger partial charge in [-0.15, -0.1) is 13.2 Å². The second-order valence-corrected chi connectivity index (χ2v) is 8.60. The Bertz CT molecular complexity index is 984. The van der Waals surface area contributed by atoms with Crippen LogP contribution in [0.5, 0.6) is 11.5 Å². The summed E-state index contributed by atoms with van der Waals surface area (Å²) in [4.78, 5) is 1.64. The van der Waals surface area contributed by atoms with Crippen LogP contribution in [0.3, 0.4) is 0 Å². The molecule has 2 aromatic carbocycles. The normalized spacial score (nSPS) is 17.8. The molecule has 1 fully saturated rings. The van der Waals surface area contributed by atoms with Crippen molar-refractivity contribution in [3.63, 3.8) is 0 Å². The van der Waals surface area contributed by atoms with Crippen LogP contribution in [-0.4, -0.2) is 45.4 Å². The van der Waals surface area contributed by atoms with Crippen molar-refractivity contribution in [2.75, 3.05) is 13.1 Å². The highest BCUT2D eigenvalue weighted by atomic mass is 32.2. The molecule has 0 saturated carbocycles. The third kappa shape index (κ3) is 7.04. The minimum absolute atomic E-state index is 0.0440. The van der Waals surface area contributed by atoms with Gasteiger partial charge in [0.15, 0.2) is 0 Å². The molecule has 0 radical (unpaired) electrons. The average molecular weight is 466 g/mol. The molecular formula is C19H19F5N2O4S. The zero-order valence-electron chi connectivity index (χ0n) is 16.0. The zero-order chi connectivity index (χ0) is 22.6. The molecule has 1 N–H and O–H groups in total. The van der Waals surface area contributed by atoms with Crippen LogP contribution < -0.4 is 14.2 Å². The number of hydrogen-bond donors (Lipinski definition) is 1. The highest BCUT2D eigenvalue weighted by Gasteiger charge is 2.32. The first-order valence-electron chi connectivity index (χ1n) is 9.14. The summed E-state index contributed by atoms with van der Waals surface area (Å²) in [5.41, 5.74) is 0.835. The van der Waals surface area contributed by atoms with Gasteiger partial charge in [-0.3, -0.25) is 4.90 Å². The van der Waals surface area contributed by atoms with Gasteiger partial charge >= 0.3 is 13.0 Å². The van der Waals surface area contributed by atoms with E-state index < -0.39 is 34.8 Å². The van der Waals surface area contributed by atoms with Gasteiger partial charge in [0.05, 0.1) is 4.90 Å². The minimum Gasteiger partial charge on any atom is -0.435 e. The highest BCUT2D eigenvalue weighted by molar-refractivity contribution is 7.89. The SMILES string of the molecule is O=S(=O)(N[C@@H]1CCN(Cc2ccc(OC(F)F)cc2)C1)c1cccc(OC(F)(F)F)c1. The summed E-state index contributed by atoms with van der Waals surface area (Å²) in [6.45, 7) is -1.46.